The van der Waals surface area contributed by atoms with Gasteiger partial charge >= 0.3 is 6.09 Å². The molecule has 1 N–H and O–H groups in total. The molecule has 6 nitrogen and oxygen atoms in total. The first-order chi connectivity index (χ1) is 12.2. The Balaban J connectivity index is 1.55. The lowest BCUT2D eigenvalue weighted by atomic mass is 10.1. The van der Waals surface area contributed by atoms with E-state index in [1.54, 1.807) is 0 Å². The Morgan fingerprint density at radius 2 is 1.54 bits per heavy atom. The van der Waals surface area contributed by atoms with Gasteiger partial charge in [0.15, 0.2) is 0 Å². The van der Waals surface area contributed by atoms with Gasteiger partial charge in [-0.25, -0.2) is 4.79 Å². The first-order valence-electron chi connectivity index (χ1n) is 10.4. The van der Waals surface area contributed by atoms with Crippen LogP contribution >= 0.6 is 0 Å². The van der Waals surface area contributed by atoms with Gasteiger partial charge in [0.05, 0.1) is 0 Å². The number of carbonyl (C=O) groups excluding carboxylic acids is 1. The number of piperidine rings is 1. The maximum atomic E-state index is 11.9. The summed E-state index contributed by atoms with van der Waals surface area (Å²) in [6, 6.07) is 0.929. The largest absolute Gasteiger partial charge is 0.444 e. The summed E-state index contributed by atoms with van der Waals surface area (Å²) in [5, 5.41) is 3.02. The van der Waals surface area contributed by atoms with Crippen molar-refractivity contribution < 1.29 is 9.53 Å². The van der Waals surface area contributed by atoms with Gasteiger partial charge in [0.1, 0.15) is 5.60 Å². The molecule has 2 heterocycles. The van der Waals surface area contributed by atoms with E-state index in [1.165, 1.54) is 45.7 Å². The van der Waals surface area contributed by atoms with E-state index in [0.29, 0.717) is 6.04 Å². The van der Waals surface area contributed by atoms with Crippen molar-refractivity contribution in [2.45, 2.75) is 71.6 Å². The summed E-state index contributed by atoms with van der Waals surface area (Å²) in [4.78, 5) is 19.6. The minimum Gasteiger partial charge on any atom is -0.444 e. The third kappa shape index (κ3) is 7.80. The number of likely N-dealkylation sites (tertiary alicyclic amines) is 1. The zero-order valence-corrected chi connectivity index (χ0v) is 17.6. The van der Waals surface area contributed by atoms with E-state index in [0.717, 1.165) is 25.9 Å². The van der Waals surface area contributed by atoms with Gasteiger partial charge in [0.25, 0.3) is 0 Å². The number of nitrogens with zero attached hydrogens (tertiary/aromatic N) is 3. The molecule has 26 heavy (non-hydrogen) atoms. The van der Waals surface area contributed by atoms with Crippen LogP contribution in [0.15, 0.2) is 0 Å². The highest BCUT2D eigenvalue weighted by atomic mass is 16.6. The van der Waals surface area contributed by atoms with E-state index >= 15 is 0 Å². The molecule has 2 rings (SSSR count). The molecule has 0 bridgehead atoms. The SMILES string of the molecule is CC(C)N1CCN(CCCN2CCC(NC(=O)OC(C)(C)C)CC2)CC1. The summed E-state index contributed by atoms with van der Waals surface area (Å²) in [6.45, 7) is 19.6. The molecule has 0 radical (unpaired) electrons. The van der Waals surface area contributed by atoms with Crippen LogP contribution in [0.25, 0.3) is 0 Å². The normalized spacial score (nSPS) is 21.9. The predicted molar refractivity (Wildman–Crippen MR) is 107 cm³/mol. The summed E-state index contributed by atoms with van der Waals surface area (Å²) in [7, 11) is 0. The average molecular weight is 369 g/mol. The molecule has 0 saturated carbocycles. The molecule has 6 heteroatoms. The fourth-order valence-corrected chi connectivity index (χ4v) is 3.80. The first kappa shape index (κ1) is 21.5. The van der Waals surface area contributed by atoms with Crippen molar-refractivity contribution in [3.8, 4) is 0 Å². The van der Waals surface area contributed by atoms with Gasteiger partial charge in [-0.05, 0) is 67.0 Å². The van der Waals surface area contributed by atoms with Gasteiger partial charge in [-0.1, -0.05) is 0 Å². The molecule has 0 aromatic carbocycles. The van der Waals surface area contributed by atoms with Crippen LogP contribution in [0.5, 0.6) is 0 Å². The van der Waals surface area contributed by atoms with Crippen molar-refractivity contribution in [3.63, 3.8) is 0 Å². The third-order valence-corrected chi connectivity index (χ3v) is 5.39. The molecular weight excluding hydrogens is 328 g/mol. The van der Waals surface area contributed by atoms with Crippen molar-refractivity contribution >= 4 is 6.09 Å². The molecule has 2 saturated heterocycles. The fraction of sp³-hybridized carbons (Fsp3) is 0.950. The van der Waals surface area contributed by atoms with Crippen LogP contribution in [0.1, 0.15) is 53.9 Å². The standard InChI is InChI=1S/C20H40N4O2/c1-17(2)24-15-13-23(14-16-24)10-6-9-22-11-7-18(8-12-22)21-19(25)26-20(3,4)5/h17-18H,6-16H2,1-5H3,(H,21,25). The number of nitrogens with one attached hydrogen (secondary N) is 1. The topological polar surface area (TPSA) is 48.0 Å². The van der Waals surface area contributed by atoms with Gasteiger partial charge in [0, 0.05) is 51.4 Å². The first-order valence-corrected chi connectivity index (χ1v) is 10.4. The average Bonchev–Trinajstić information content (AvgIpc) is 2.55. The number of hydrogen-bond donors (Lipinski definition) is 1. The Morgan fingerprint density at radius 3 is 2.04 bits per heavy atom. The van der Waals surface area contributed by atoms with Crippen LogP contribution in [0.4, 0.5) is 4.79 Å². The Bertz CT molecular complexity index is 420. The summed E-state index contributed by atoms with van der Waals surface area (Å²) >= 11 is 0. The van der Waals surface area contributed by atoms with Crippen LogP contribution < -0.4 is 5.32 Å². The number of amides is 1. The van der Waals surface area contributed by atoms with E-state index in [4.69, 9.17) is 4.74 Å². The Hall–Kier alpha value is -0.850. The molecule has 0 aromatic rings. The molecule has 0 atom stereocenters. The smallest absolute Gasteiger partial charge is 0.407 e. The molecular formula is C20H40N4O2. The summed E-state index contributed by atoms with van der Waals surface area (Å²) in [5.41, 5.74) is -0.425. The molecule has 2 fully saturated rings. The minimum atomic E-state index is -0.425. The number of rotatable bonds is 6. The van der Waals surface area contributed by atoms with E-state index in [1.807, 2.05) is 20.8 Å². The molecule has 152 valence electrons. The highest BCUT2D eigenvalue weighted by Crippen LogP contribution is 2.13. The molecule has 0 unspecified atom stereocenters. The monoisotopic (exact) mass is 368 g/mol. The molecule has 0 spiro atoms. The number of alkyl carbamates (subject to hydrolysis) is 1. The lowest BCUT2D eigenvalue weighted by Crippen LogP contribution is -2.49. The predicted octanol–water partition coefficient (Wildman–Crippen LogP) is 2.39. The number of carbonyl (C=O) groups is 1. The molecule has 1 amide bonds. The molecule has 0 aliphatic carbocycles. The Kier molecular flexibility index (Phi) is 8.17. The minimum absolute atomic E-state index is 0.255. The van der Waals surface area contributed by atoms with Crippen molar-refractivity contribution in [2.75, 3.05) is 52.4 Å². The van der Waals surface area contributed by atoms with Crippen LogP contribution in [0.3, 0.4) is 0 Å². The highest BCUT2D eigenvalue weighted by molar-refractivity contribution is 5.68. The van der Waals surface area contributed by atoms with Crippen molar-refractivity contribution in [1.82, 2.24) is 20.0 Å². The maximum Gasteiger partial charge on any atom is 0.407 e. The Labute approximate surface area is 160 Å². The van der Waals surface area contributed by atoms with Crippen molar-refractivity contribution in [1.29, 1.82) is 0 Å². The van der Waals surface area contributed by atoms with Gasteiger partial charge < -0.3 is 19.9 Å². The van der Waals surface area contributed by atoms with Crippen LogP contribution in [-0.4, -0.2) is 90.8 Å². The second-order valence-corrected chi connectivity index (χ2v) is 9.09. The van der Waals surface area contributed by atoms with Crippen molar-refractivity contribution in [3.05, 3.63) is 0 Å². The van der Waals surface area contributed by atoms with Crippen LogP contribution in [0, 0.1) is 0 Å². The van der Waals surface area contributed by atoms with E-state index in [2.05, 4.69) is 33.9 Å². The number of ether oxygens (including phenoxy) is 1. The second kappa shape index (κ2) is 9.90. The van der Waals surface area contributed by atoms with Crippen molar-refractivity contribution in [2.24, 2.45) is 0 Å². The van der Waals surface area contributed by atoms with Gasteiger partial charge in [-0.2, -0.15) is 0 Å². The zero-order valence-electron chi connectivity index (χ0n) is 17.6. The van der Waals surface area contributed by atoms with Crippen LogP contribution in [0.2, 0.25) is 0 Å². The van der Waals surface area contributed by atoms with E-state index < -0.39 is 5.60 Å². The molecule has 2 aliphatic rings. The molecule has 0 aromatic heterocycles. The van der Waals surface area contributed by atoms with Gasteiger partial charge in [-0.15, -0.1) is 0 Å². The van der Waals surface area contributed by atoms with E-state index in [9.17, 15) is 4.79 Å². The number of hydrogen-bond acceptors (Lipinski definition) is 5. The van der Waals surface area contributed by atoms with E-state index in [-0.39, 0.29) is 12.1 Å². The second-order valence-electron chi connectivity index (χ2n) is 9.09. The fourth-order valence-electron chi connectivity index (χ4n) is 3.80. The maximum absolute atomic E-state index is 11.9. The lowest BCUT2D eigenvalue weighted by molar-refractivity contribution is 0.0477. The lowest BCUT2D eigenvalue weighted by Gasteiger charge is -2.37. The van der Waals surface area contributed by atoms with Gasteiger partial charge in [0.2, 0.25) is 0 Å². The summed E-state index contributed by atoms with van der Waals surface area (Å²) in [6.07, 6.45) is 3.00. The van der Waals surface area contributed by atoms with Crippen LogP contribution in [-0.2, 0) is 4.74 Å². The Morgan fingerprint density at radius 1 is 1.00 bits per heavy atom. The van der Waals surface area contributed by atoms with Gasteiger partial charge in [-0.3, -0.25) is 4.90 Å². The summed E-state index contributed by atoms with van der Waals surface area (Å²) in [5.74, 6) is 0. The quantitative estimate of drug-likeness (QED) is 0.780. The highest BCUT2D eigenvalue weighted by Gasteiger charge is 2.24. The third-order valence-electron chi connectivity index (χ3n) is 5.39. The summed E-state index contributed by atoms with van der Waals surface area (Å²) < 4.78 is 5.35. The zero-order chi connectivity index (χ0) is 19.2. The molecule has 2 aliphatic heterocycles. The number of piperazine rings is 1.